The van der Waals surface area contributed by atoms with E-state index in [0.717, 1.165) is 12.2 Å². The minimum absolute atomic E-state index is 0.986. The molecule has 0 amide bonds. The molecular formula is C14H21NS2. The van der Waals surface area contributed by atoms with Crippen molar-refractivity contribution in [1.29, 1.82) is 0 Å². The molecule has 0 bridgehead atoms. The molecule has 1 aromatic heterocycles. The van der Waals surface area contributed by atoms with Crippen molar-refractivity contribution < 1.29 is 0 Å². The summed E-state index contributed by atoms with van der Waals surface area (Å²) in [4.78, 5) is 4.55. The lowest BCUT2D eigenvalue weighted by Gasteiger charge is -2.01. The van der Waals surface area contributed by atoms with Gasteiger partial charge in [-0.25, -0.2) is 0 Å². The number of thiophene rings is 1. The van der Waals surface area contributed by atoms with Gasteiger partial charge in [-0.15, -0.1) is 23.1 Å². The molecule has 0 spiro atoms. The summed E-state index contributed by atoms with van der Waals surface area (Å²) in [6, 6.07) is 4.25. The van der Waals surface area contributed by atoms with Gasteiger partial charge in [0.05, 0.1) is 4.21 Å². The summed E-state index contributed by atoms with van der Waals surface area (Å²) in [5, 5.41) is 2.12. The molecule has 0 aliphatic heterocycles. The quantitative estimate of drug-likeness (QED) is 0.476. The molecule has 0 unspecified atom stereocenters. The molecule has 94 valence electrons. The van der Waals surface area contributed by atoms with Crippen LogP contribution < -0.4 is 0 Å². The van der Waals surface area contributed by atoms with Crippen molar-refractivity contribution in [2.24, 2.45) is 4.99 Å². The van der Waals surface area contributed by atoms with Gasteiger partial charge < -0.3 is 0 Å². The molecule has 1 rings (SSSR count). The summed E-state index contributed by atoms with van der Waals surface area (Å²) < 4.78 is 1.37. The molecule has 0 N–H and O–H groups in total. The second kappa shape index (κ2) is 8.54. The molecule has 1 aromatic rings. The van der Waals surface area contributed by atoms with E-state index in [4.69, 9.17) is 0 Å². The summed E-state index contributed by atoms with van der Waals surface area (Å²) >= 11 is 3.66. The fourth-order valence-corrected chi connectivity index (χ4v) is 3.08. The monoisotopic (exact) mass is 267 g/mol. The fourth-order valence-electron chi connectivity index (χ4n) is 1.41. The Morgan fingerprint density at radius 1 is 1.47 bits per heavy atom. The molecule has 0 radical (unpaired) electrons. The lowest BCUT2D eigenvalue weighted by Crippen LogP contribution is -1.94. The topological polar surface area (TPSA) is 12.4 Å². The third kappa shape index (κ3) is 6.08. The van der Waals surface area contributed by atoms with Crippen molar-refractivity contribution in [2.45, 2.75) is 44.2 Å². The SMILES string of the molecule is CCC/C(=C\N=C(C)CSc1cccs1)CC. The van der Waals surface area contributed by atoms with Crippen LogP contribution >= 0.6 is 23.1 Å². The highest BCUT2D eigenvalue weighted by Crippen LogP contribution is 2.23. The smallest absolute Gasteiger partial charge is 0.0602 e. The zero-order valence-electron chi connectivity index (χ0n) is 10.9. The Hall–Kier alpha value is -0.540. The van der Waals surface area contributed by atoms with E-state index in [9.17, 15) is 0 Å². The predicted molar refractivity (Wildman–Crippen MR) is 81.4 cm³/mol. The Balaban J connectivity index is 2.42. The van der Waals surface area contributed by atoms with Gasteiger partial charge in [-0.1, -0.05) is 31.9 Å². The van der Waals surface area contributed by atoms with Gasteiger partial charge in [-0.2, -0.15) is 0 Å². The molecule has 0 aromatic carbocycles. The van der Waals surface area contributed by atoms with E-state index in [1.54, 1.807) is 11.3 Å². The number of nitrogens with zero attached hydrogens (tertiary/aromatic N) is 1. The summed E-state index contributed by atoms with van der Waals surface area (Å²) in [6.45, 7) is 6.52. The number of rotatable bonds is 7. The van der Waals surface area contributed by atoms with Gasteiger partial charge in [0.25, 0.3) is 0 Å². The summed E-state index contributed by atoms with van der Waals surface area (Å²) in [7, 11) is 0. The van der Waals surface area contributed by atoms with Crippen molar-refractivity contribution >= 4 is 28.8 Å². The average Bonchev–Trinajstić information content (AvgIpc) is 2.85. The van der Waals surface area contributed by atoms with Gasteiger partial charge in [0.2, 0.25) is 0 Å². The molecule has 3 heteroatoms. The van der Waals surface area contributed by atoms with Gasteiger partial charge in [-0.05, 0) is 31.2 Å². The minimum atomic E-state index is 0.986. The Morgan fingerprint density at radius 3 is 2.88 bits per heavy atom. The predicted octanol–water partition coefficient (Wildman–Crippen LogP) is 5.40. The Morgan fingerprint density at radius 2 is 2.29 bits per heavy atom. The number of hydrogen-bond donors (Lipinski definition) is 0. The van der Waals surface area contributed by atoms with Gasteiger partial charge in [0, 0.05) is 17.7 Å². The van der Waals surface area contributed by atoms with Crippen LogP contribution in [0.5, 0.6) is 0 Å². The van der Waals surface area contributed by atoms with Crippen LogP contribution in [-0.2, 0) is 0 Å². The van der Waals surface area contributed by atoms with Crippen LogP contribution in [0, 0.1) is 0 Å². The zero-order chi connectivity index (χ0) is 12.5. The Labute approximate surface area is 113 Å². The van der Waals surface area contributed by atoms with Gasteiger partial charge in [0.15, 0.2) is 0 Å². The fraction of sp³-hybridized carbons (Fsp3) is 0.500. The Bertz CT molecular complexity index is 364. The lowest BCUT2D eigenvalue weighted by molar-refractivity contribution is 0.854. The minimum Gasteiger partial charge on any atom is -0.265 e. The molecule has 0 fully saturated rings. The molecule has 1 heterocycles. The second-order valence-electron chi connectivity index (χ2n) is 3.98. The summed E-state index contributed by atoms with van der Waals surface area (Å²) in [5.74, 6) is 0.986. The molecule has 0 aliphatic rings. The van der Waals surface area contributed by atoms with Crippen molar-refractivity contribution in [3.63, 3.8) is 0 Å². The molecule has 17 heavy (non-hydrogen) atoms. The first-order valence-corrected chi connectivity index (χ1v) is 8.00. The number of aliphatic imine (C=N–C) groups is 1. The lowest BCUT2D eigenvalue weighted by atomic mass is 10.1. The van der Waals surface area contributed by atoms with Gasteiger partial charge in [0.1, 0.15) is 0 Å². The molecule has 0 saturated carbocycles. The average molecular weight is 267 g/mol. The van der Waals surface area contributed by atoms with Crippen LogP contribution in [0.4, 0.5) is 0 Å². The van der Waals surface area contributed by atoms with Crippen LogP contribution in [0.25, 0.3) is 0 Å². The molecule has 0 saturated heterocycles. The first kappa shape index (κ1) is 14.5. The van der Waals surface area contributed by atoms with E-state index in [2.05, 4.69) is 49.5 Å². The first-order valence-electron chi connectivity index (χ1n) is 6.13. The first-order chi connectivity index (χ1) is 8.26. The van der Waals surface area contributed by atoms with Gasteiger partial charge >= 0.3 is 0 Å². The summed E-state index contributed by atoms with van der Waals surface area (Å²) in [5.41, 5.74) is 2.65. The molecule has 0 aliphatic carbocycles. The second-order valence-corrected chi connectivity index (χ2v) is 6.20. The number of hydrogen-bond acceptors (Lipinski definition) is 3. The van der Waals surface area contributed by atoms with Crippen LogP contribution in [0.3, 0.4) is 0 Å². The maximum atomic E-state index is 4.55. The van der Waals surface area contributed by atoms with Crippen LogP contribution in [0.15, 0.2) is 38.5 Å². The van der Waals surface area contributed by atoms with Crippen molar-refractivity contribution in [3.05, 3.63) is 29.3 Å². The van der Waals surface area contributed by atoms with Gasteiger partial charge in [-0.3, -0.25) is 4.99 Å². The third-order valence-corrected chi connectivity index (χ3v) is 4.70. The van der Waals surface area contributed by atoms with E-state index in [1.807, 2.05) is 11.8 Å². The van der Waals surface area contributed by atoms with Crippen LogP contribution in [-0.4, -0.2) is 11.5 Å². The number of thioether (sulfide) groups is 1. The highest BCUT2D eigenvalue weighted by atomic mass is 32.2. The van der Waals surface area contributed by atoms with E-state index >= 15 is 0 Å². The van der Waals surface area contributed by atoms with Crippen molar-refractivity contribution in [3.8, 4) is 0 Å². The maximum Gasteiger partial charge on any atom is 0.0602 e. The van der Waals surface area contributed by atoms with Crippen LogP contribution in [0.2, 0.25) is 0 Å². The molecule has 1 nitrogen and oxygen atoms in total. The molecule has 0 atom stereocenters. The standard InChI is InChI=1S/C14H21NS2/c1-4-7-13(5-2)10-15-12(3)11-17-14-8-6-9-16-14/h6,8-10H,4-5,7,11H2,1-3H3/b13-10-,15-12?. The zero-order valence-corrected chi connectivity index (χ0v) is 12.5. The van der Waals surface area contributed by atoms with E-state index < -0.39 is 0 Å². The van der Waals surface area contributed by atoms with E-state index in [0.29, 0.717) is 0 Å². The van der Waals surface area contributed by atoms with Crippen molar-refractivity contribution in [2.75, 3.05) is 5.75 Å². The Kier molecular flexibility index (Phi) is 7.29. The normalized spacial score (nSPS) is 13.1. The third-order valence-electron chi connectivity index (χ3n) is 2.41. The maximum absolute atomic E-state index is 4.55. The highest BCUT2D eigenvalue weighted by Gasteiger charge is 1.97. The van der Waals surface area contributed by atoms with Crippen LogP contribution in [0.1, 0.15) is 40.0 Å². The number of allylic oxidation sites excluding steroid dienone is 1. The molecular weight excluding hydrogens is 246 g/mol. The van der Waals surface area contributed by atoms with Crippen molar-refractivity contribution in [1.82, 2.24) is 0 Å². The largest absolute Gasteiger partial charge is 0.265 e. The summed E-state index contributed by atoms with van der Waals surface area (Å²) in [6.07, 6.45) is 5.56. The van der Waals surface area contributed by atoms with E-state index in [-0.39, 0.29) is 0 Å². The highest BCUT2D eigenvalue weighted by molar-refractivity contribution is 8.01. The van der Waals surface area contributed by atoms with E-state index in [1.165, 1.54) is 28.3 Å².